The molecule has 3 N–H and O–H groups in total. The fourth-order valence-corrected chi connectivity index (χ4v) is 1.24. The lowest BCUT2D eigenvalue weighted by molar-refractivity contribution is -0.136. The predicted molar refractivity (Wildman–Crippen MR) is 57.6 cm³/mol. The van der Waals surface area contributed by atoms with Gasteiger partial charge in [-0.25, -0.2) is 0 Å². The molecule has 2 nitrogen and oxygen atoms in total. The number of hydrogen-bond acceptors (Lipinski definition) is 2. The molecule has 0 aliphatic rings. The Labute approximate surface area is 97.7 Å². The molecular formula is C10H13ClF3NO. The van der Waals surface area contributed by atoms with Gasteiger partial charge in [-0.15, -0.1) is 12.4 Å². The number of phenols is 1. The summed E-state index contributed by atoms with van der Waals surface area (Å²) < 4.78 is 35.7. The van der Waals surface area contributed by atoms with Crippen LogP contribution in [0, 0.1) is 0 Å². The van der Waals surface area contributed by atoms with E-state index in [0.717, 1.165) is 0 Å². The Morgan fingerprint density at radius 3 is 2.44 bits per heavy atom. The third-order valence-electron chi connectivity index (χ3n) is 2.04. The first-order valence-corrected chi connectivity index (χ1v) is 4.50. The van der Waals surface area contributed by atoms with Gasteiger partial charge in [-0.2, -0.15) is 13.2 Å². The minimum Gasteiger partial charge on any atom is -0.508 e. The summed E-state index contributed by atoms with van der Waals surface area (Å²) in [5.41, 5.74) is 6.07. The molecule has 6 heteroatoms. The van der Waals surface area contributed by atoms with E-state index in [9.17, 15) is 13.2 Å². The van der Waals surface area contributed by atoms with Crippen LogP contribution in [0.1, 0.15) is 24.4 Å². The molecule has 1 aromatic rings. The summed E-state index contributed by atoms with van der Waals surface area (Å²) in [6.07, 6.45) is -5.27. The molecule has 0 aliphatic heterocycles. The molecule has 0 amide bonds. The van der Waals surface area contributed by atoms with E-state index in [1.54, 1.807) is 12.1 Å². The highest BCUT2D eigenvalue weighted by Crippen LogP contribution is 2.27. The molecule has 0 saturated heterocycles. The maximum absolute atomic E-state index is 11.9. The van der Waals surface area contributed by atoms with Gasteiger partial charge in [0.15, 0.2) is 0 Å². The van der Waals surface area contributed by atoms with Gasteiger partial charge in [0.25, 0.3) is 0 Å². The Balaban J connectivity index is 0.00000225. The van der Waals surface area contributed by atoms with E-state index in [1.807, 2.05) is 0 Å². The Morgan fingerprint density at radius 1 is 1.31 bits per heavy atom. The minimum atomic E-state index is -4.19. The highest BCUT2D eigenvalue weighted by Gasteiger charge is 2.27. The first-order chi connectivity index (χ1) is 6.88. The first kappa shape index (κ1) is 15.1. The van der Waals surface area contributed by atoms with Gasteiger partial charge in [0.05, 0.1) is 0 Å². The summed E-state index contributed by atoms with van der Waals surface area (Å²) in [6.45, 7) is 0. The fraction of sp³-hybridized carbons (Fsp3) is 0.400. The molecular weight excluding hydrogens is 243 g/mol. The smallest absolute Gasteiger partial charge is 0.389 e. The van der Waals surface area contributed by atoms with E-state index in [-0.39, 0.29) is 24.6 Å². The van der Waals surface area contributed by atoms with Crippen LogP contribution < -0.4 is 5.73 Å². The zero-order chi connectivity index (χ0) is 11.5. The molecule has 1 atom stereocenters. The van der Waals surface area contributed by atoms with Crippen molar-refractivity contribution in [3.63, 3.8) is 0 Å². The summed E-state index contributed by atoms with van der Waals surface area (Å²) in [5.74, 6) is 0.00922. The number of benzene rings is 1. The normalized spacial score (nSPS) is 13.0. The Bertz CT molecular complexity index is 330. The summed E-state index contributed by atoms with van der Waals surface area (Å²) in [7, 11) is 0. The van der Waals surface area contributed by atoms with Crippen LogP contribution in [0.2, 0.25) is 0 Å². The summed E-state index contributed by atoms with van der Waals surface area (Å²) in [5, 5.41) is 9.11. The highest BCUT2D eigenvalue weighted by atomic mass is 35.5. The van der Waals surface area contributed by atoms with Crippen LogP contribution in [0.5, 0.6) is 5.75 Å². The number of phenolic OH excluding ortho intramolecular Hbond substituents is 1. The van der Waals surface area contributed by atoms with Crippen LogP contribution in [0.3, 0.4) is 0 Å². The van der Waals surface area contributed by atoms with E-state index in [4.69, 9.17) is 10.8 Å². The minimum absolute atomic E-state index is 0. The van der Waals surface area contributed by atoms with Gasteiger partial charge in [-0.3, -0.25) is 0 Å². The second-order valence-corrected chi connectivity index (χ2v) is 3.36. The Hall–Kier alpha value is -0.940. The van der Waals surface area contributed by atoms with E-state index in [1.165, 1.54) is 12.1 Å². The molecule has 0 bridgehead atoms. The van der Waals surface area contributed by atoms with Crippen LogP contribution >= 0.6 is 12.4 Å². The van der Waals surface area contributed by atoms with Crippen molar-refractivity contribution in [2.75, 3.05) is 0 Å². The number of halogens is 4. The van der Waals surface area contributed by atoms with Crippen LogP contribution in [0.4, 0.5) is 13.2 Å². The quantitative estimate of drug-likeness (QED) is 0.872. The number of nitrogens with two attached hydrogens (primary N) is 1. The van der Waals surface area contributed by atoms with Gasteiger partial charge in [0, 0.05) is 12.5 Å². The SMILES string of the molecule is Cl.N[C@@H](CCC(F)(F)F)c1cccc(O)c1. The highest BCUT2D eigenvalue weighted by molar-refractivity contribution is 5.85. The van der Waals surface area contributed by atoms with E-state index in [2.05, 4.69) is 0 Å². The van der Waals surface area contributed by atoms with Crippen LogP contribution in [0.25, 0.3) is 0 Å². The van der Waals surface area contributed by atoms with Gasteiger partial charge < -0.3 is 10.8 Å². The second kappa shape index (κ2) is 5.96. The van der Waals surface area contributed by atoms with Gasteiger partial charge in [0.2, 0.25) is 0 Å². The molecule has 0 aromatic heterocycles. The number of aromatic hydroxyl groups is 1. The molecule has 0 radical (unpaired) electrons. The van der Waals surface area contributed by atoms with Gasteiger partial charge >= 0.3 is 6.18 Å². The summed E-state index contributed by atoms with van der Waals surface area (Å²) >= 11 is 0. The van der Waals surface area contributed by atoms with Crippen molar-refractivity contribution in [3.8, 4) is 5.75 Å². The van der Waals surface area contributed by atoms with Crippen molar-refractivity contribution in [1.82, 2.24) is 0 Å². The lowest BCUT2D eigenvalue weighted by Gasteiger charge is -2.13. The zero-order valence-corrected chi connectivity index (χ0v) is 9.18. The molecule has 92 valence electrons. The van der Waals surface area contributed by atoms with E-state index in [0.29, 0.717) is 5.56 Å². The number of alkyl halides is 3. The lowest BCUT2D eigenvalue weighted by Crippen LogP contribution is -2.15. The van der Waals surface area contributed by atoms with Crippen molar-refractivity contribution in [3.05, 3.63) is 29.8 Å². The molecule has 0 heterocycles. The molecule has 0 fully saturated rings. The average Bonchev–Trinajstić information content (AvgIpc) is 2.13. The first-order valence-electron chi connectivity index (χ1n) is 4.50. The van der Waals surface area contributed by atoms with Gasteiger partial charge in [-0.1, -0.05) is 12.1 Å². The fourth-order valence-electron chi connectivity index (χ4n) is 1.24. The second-order valence-electron chi connectivity index (χ2n) is 3.36. The summed E-state index contributed by atoms with van der Waals surface area (Å²) in [6, 6.07) is 5.28. The van der Waals surface area contributed by atoms with Gasteiger partial charge in [0.1, 0.15) is 5.75 Å². The predicted octanol–water partition coefficient (Wildman–Crippen LogP) is 3.16. The van der Waals surface area contributed by atoms with Crippen LogP contribution in [0.15, 0.2) is 24.3 Å². The van der Waals surface area contributed by atoms with Crippen molar-refractivity contribution in [2.24, 2.45) is 5.73 Å². The largest absolute Gasteiger partial charge is 0.508 e. The molecule has 1 rings (SSSR count). The molecule has 0 saturated carbocycles. The molecule has 16 heavy (non-hydrogen) atoms. The maximum atomic E-state index is 11.9. The molecule has 0 aliphatic carbocycles. The van der Waals surface area contributed by atoms with Crippen molar-refractivity contribution in [2.45, 2.75) is 25.1 Å². The van der Waals surface area contributed by atoms with Crippen molar-refractivity contribution in [1.29, 1.82) is 0 Å². The summed E-state index contributed by atoms with van der Waals surface area (Å²) in [4.78, 5) is 0. The molecule has 1 aromatic carbocycles. The average molecular weight is 256 g/mol. The third kappa shape index (κ3) is 5.23. The topological polar surface area (TPSA) is 46.2 Å². The Morgan fingerprint density at radius 2 is 1.94 bits per heavy atom. The maximum Gasteiger partial charge on any atom is 0.389 e. The lowest BCUT2D eigenvalue weighted by atomic mass is 10.0. The molecule has 0 spiro atoms. The molecule has 0 unspecified atom stereocenters. The van der Waals surface area contributed by atoms with Crippen molar-refractivity contribution < 1.29 is 18.3 Å². The van der Waals surface area contributed by atoms with Crippen LogP contribution in [-0.4, -0.2) is 11.3 Å². The third-order valence-corrected chi connectivity index (χ3v) is 2.04. The van der Waals surface area contributed by atoms with Crippen LogP contribution in [-0.2, 0) is 0 Å². The zero-order valence-electron chi connectivity index (χ0n) is 8.37. The van der Waals surface area contributed by atoms with E-state index >= 15 is 0 Å². The monoisotopic (exact) mass is 255 g/mol. The standard InChI is InChI=1S/C10H12F3NO.ClH/c11-10(12,13)5-4-9(14)7-2-1-3-8(15)6-7;/h1-3,6,9,15H,4-5,14H2;1H/t9-;/m0./s1. The Kier molecular flexibility index (Phi) is 5.61. The number of rotatable bonds is 3. The van der Waals surface area contributed by atoms with E-state index < -0.39 is 18.6 Å². The van der Waals surface area contributed by atoms with Gasteiger partial charge in [-0.05, 0) is 24.1 Å². The van der Waals surface area contributed by atoms with Crippen molar-refractivity contribution >= 4 is 12.4 Å². The number of hydrogen-bond donors (Lipinski definition) is 2.